The Morgan fingerprint density at radius 3 is 2.58 bits per heavy atom. The van der Waals surface area contributed by atoms with Gasteiger partial charge in [0.15, 0.2) is 0 Å². The Balaban J connectivity index is 1.97. The maximum Gasteiger partial charge on any atom is 0.269 e. The molecule has 2 aromatic carbocycles. The zero-order valence-electron chi connectivity index (χ0n) is 12.1. The van der Waals surface area contributed by atoms with Crippen molar-refractivity contribution in [2.75, 3.05) is 0 Å². The molecule has 0 saturated heterocycles. The number of phenols is 1. The number of nitrogens with zero attached hydrogens (tertiary/aromatic N) is 2. The normalized spacial score (nSPS) is 10.8. The van der Waals surface area contributed by atoms with E-state index in [4.69, 9.17) is 0 Å². The quantitative estimate of drug-likeness (QED) is 0.258. The third kappa shape index (κ3) is 5.12. The fourth-order valence-electron chi connectivity index (χ4n) is 1.82. The molecule has 0 bridgehead atoms. The molecule has 124 valence electrons. The number of hydrogen-bond donors (Lipinski definition) is 2. The third-order valence-corrected chi connectivity index (χ3v) is 4.41. The van der Waals surface area contributed by atoms with E-state index in [1.165, 1.54) is 30.5 Å². The predicted octanol–water partition coefficient (Wildman–Crippen LogP) is 3.20. The van der Waals surface area contributed by atoms with Crippen LogP contribution in [-0.4, -0.2) is 22.2 Å². The van der Waals surface area contributed by atoms with E-state index in [0.29, 0.717) is 14.7 Å². The number of nitro benzene ring substituents is 1. The van der Waals surface area contributed by atoms with Crippen LogP contribution in [0.15, 0.2) is 41.5 Å². The number of aromatic hydroxyl groups is 1. The van der Waals surface area contributed by atoms with Gasteiger partial charge in [-0.2, -0.15) is 5.10 Å². The number of amides is 1. The lowest BCUT2D eigenvalue weighted by Crippen LogP contribution is -2.19. The molecular weight excluding hydrogens is 540 g/mol. The predicted molar refractivity (Wildman–Crippen MR) is 106 cm³/mol. The average Bonchev–Trinajstić information content (AvgIpc) is 2.52. The molecule has 2 N–H and O–H groups in total. The number of nitro groups is 1. The molecule has 0 unspecified atom stereocenters. The van der Waals surface area contributed by atoms with E-state index in [0.717, 1.165) is 3.57 Å². The first-order chi connectivity index (χ1) is 11.4. The molecule has 0 radical (unpaired) electrons. The summed E-state index contributed by atoms with van der Waals surface area (Å²) in [5, 5.41) is 24.3. The molecule has 0 aliphatic carbocycles. The van der Waals surface area contributed by atoms with Crippen LogP contribution in [0.5, 0.6) is 5.75 Å². The highest BCUT2D eigenvalue weighted by Crippen LogP contribution is 2.25. The van der Waals surface area contributed by atoms with Gasteiger partial charge < -0.3 is 5.11 Å². The highest BCUT2D eigenvalue weighted by atomic mass is 127. The van der Waals surface area contributed by atoms with Crippen LogP contribution in [0.25, 0.3) is 0 Å². The Kier molecular flexibility index (Phi) is 6.48. The summed E-state index contributed by atoms with van der Waals surface area (Å²) in [4.78, 5) is 21.9. The molecule has 0 fully saturated rings. The van der Waals surface area contributed by atoms with Gasteiger partial charge in [-0.25, -0.2) is 5.43 Å². The smallest absolute Gasteiger partial charge is 0.269 e. The summed E-state index contributed by atoms with van der Waals surface area (Å²) < 4.78 is 1.63. The van der Waals surface area contributed by atoms with Crippen molar-refractivity contribution in [1.29, 1.82) is 0 Å². The second-order valence-electron chi connectivity index (χ2n) is 4.72. The van der Waals surface area contributed by atoms with Gasteiger partial charge in [-0.05, 0) is 62.9 Å². The summed E-state index contributed by atoms with van der Waals surface area (Å²) in [7, 11) is 0. The summed E-state index contributed by atoms with van der Waals surface area (Å²) in [6.45, 7) is 0. The van der Waals surface area contributed by atoms with Crippen LogP contribution in [0.1, 0.15) is 11.1 Å². The van der Waals surface area contributed by atoms with Crippen LogP contribution in [0, 0.1) is 17.3 Å². The monoisotopic (exact) mass is 551 g/mol. The van der Waals surface area contributed by atoms with Gasteiger partial charge in [-0.3, -0.25) is 14.9 Å². The van der Waals surface area contributed by atoms with E-state index in [2.05, 4.69) is 33.1 Å². The Labute approximate surface area is 164 Å². The van der Waals surface area contributed by atoms with Crippen molar-refractivity contribution in [3.8, 4) is 5.75 Å². The molecular formula is C15H11I2N3O4. The van der Waals surface area contributed by atoms with Gasteiger partial charge in [-0.1, -0.05) is 12.1 Å². The van der Waals surface area contributed by atoms with Crippen LogP contribution in [0.4, 0.5) is 5.69 Å². The molecule has 0 atom stereocenters. The second-order valence-corrected chi connectivity index (χ2v) is 7.13. The molecule has 0 heterocycles. The first-order valence-corrected chi connectivity index (χ1v) is 8.76. The molecule has 0 spiro atoms. The molecule has 0 aliphatic heterocycles. The molecule has 9 heteroatoms. The number of benzene rings is 2. The number of carbonyl (C=O) groups excluding carboxylic acids is 1. The zero-order chi connectivity index (χ0) is 17.7. The number of hydrogen-bond acceptors (Lipinski definition) is 5. The lowest BCUT2D eigenvalue weighted by atomic mass is 10.1. The molecule has 1 amide bonds. The van der Waals surface area contributed by atoms with Gasteiger partial charge >= 0.3 is 0 Å². The minimum atomic E-state index is -0.497. The Morgan fingerprint density at radius 2 is 1.96 bits per heavy atom. The zero-order valence-corrected chi connectivity index (χ0v) is 16.4. The van der Waals surface area contributed by atoms with Crippen LogP contribution in [-0.2, 0) is 11.2 Å². The van der Waals surface area contributed by atoms with Crippen molar-refractivity contribution in [3.05, 3.63) is 64.8 Å². The number of carbonyl (C=O) groups is 1. The van der Waals surface area contributed by atoms with Crippen LogP contribution in [0.2, 0.25) is 0 Å². The van der Waals surface area contributed by atoms with E-state index >= 15 is 0 Å². The number of rotatable bonds is 5. The van der Waals surface area contributed by atoms with Crippen LogP contribution < -0.4 is 5.43 Å². The lowest BCUT2D eigenvalue weighted by molar-refractivity contribution is -0.384. The van der Waals surface area contributed by atoms with Crippen molar-refractivity contribution in [1.82, 2.24) is 5.43 Å². The average molecular weight is 551 g/mol. The van der Waals surface area contributed by atoms with Gasteiger partial charge in [0.1, 0.15) is 5.75 Å². The topological polar surface area (TPSA) is 105 Å². The first kappa shape index (κ1) is 18.6. The van der Waals surface area contributed by atoms with E-state index in [1.807, 2.05) is 28.7 Å². The minimum Gasteiger partial charge on any atom is -0.506 e. The second kappa shape index (κ2) is 8.37. The van der Waals surface area contributed by atoms with Gasteiger partial charge in [0, 0.05) is 21.3 Å². The van der Waals surface area contributed by atoms with Crippen molar-refractivity contribution in [2.45, 2.75) is 6.42 Å². The van der Waals surface area contributed by atoms with E-state index in [9.17, 15) is 20.0 Å². The van der Waals surface area contributed by atoms with Crippen molar-refractivity contribution >= 4 is 63.0 Å². The van der Waals surface area contributed by atoms with Crippen molar-refractivity contribution in [3.63, 3.8) is 0 Å². The van der Waals surface area contributed by atoms with E-state index in [-0.39, 0.29) is 23.8 Å². The summed E-state index contributed by atoms with van der Waals surface area (Å²) >= 11 is 4.13. The highest BCUT2D eigenvalue weighted by molar-refractivity contribution is 14.1. The largest absolute Gasteiger partial charge is 0.506 e. The molecule has 2 aromatic rings. The number of phenolic OH excluding ortho intramolecular Hbond substituents is 1. The fourth-order valence-corrected chi connectivity index (χ4v) is 3.71. The van der Waals surface area contributed by atoms with Crippen LogP contribution >= 0.6 is 45.2 Å². The van der Waals surface area contributed by atoms with E-state index < -0.39 is 4.92 Å². The molecule has 0 aromatic heterocycles. The summed E-state index contributed by atoms with van der Waals surface area (Å²) in [5.74, 6) is -0.260. The Morgan fingerprint density at radius 1 is 1.29 bits per heavy atom. The van der Waals surface area contributed by atoms with Crippen LogP contribution in [0.3, 0.4) is 0 Å². The highest BCUT2D eigenvalue weighted by Gasteiger charge is 2.08. The summed E-state index contributed by atoms with van der Waals surface area (Å²) in [6.07, 6.45) is 1.42. The van der Waals surface area contributed by atoms with Crippen molar-refractivity contribution < 1.29 is 14.8 Å². The summed E-state index contributed by atoms with van der Waals surface area (Å²) in [6, 6.07) is 9.30. The molecule has 24 heavy (non-hydrogen) atoms. The van der Waals surface area contributed by atoms with Gasteiger partial charge in [0.05, 0.1) is 21.1 Å². The fraction of sp³-hybridized carbons (Fsp3) is 0.0667. The standard InChI is InChI=1S/C15H11I2N3O4/c16-11-6-10(15(22)13(17)7-11)8-18-19-14(21)5-9-1-3-12(4-2-9)20(23)24/h1-4,6-8,22H,5H2,(H,19,21)/b18-8-. The lowest BCUT2D eigenvalue weighted by Gasteiger charge is -2.03. The number of nitrogens with one attached hydrogen (secondary N) is 1. The van der Waals surface area contributed by atoms with Gasteiger partial charge in [0.25, 0.3) is 5.69 Å². The van der Waals surface area contributed by atoms with Gasteiger partial charge in [0.2, 0.25) is 5.91 Å². The molecule has 7 nitrogen and oxygen atoms in total. The SMILES string of the molecule is O=C(Cc1ccc([N+](=O)[O-])cc1)N/N=C\c1cc(I)cc(I)c1O. The maximum absolute atomic E-state index is 11.8. The number of halogens is 2. The van der Waals surface area contributed by atoms with E-state index in [1.54, 1.807) is 6.07 Å². The minimum absolute atomic E-state index is 0.0269. The maximum atomic E-state index is 11.8. The Hall–Kier alpha value is -1.76. The molecule has 0 aliphatic rings. The molecule has 0 saturated carbocycles. The van der Waals surface area contributed by atoms with Gasteiger partial charge in [-0.15, -0.1) is 0 Å². The van der Waals surface area contributed by atoms with Crippen molar-refractivity contribution in [2.24, 2.45) is 5.10 Å². The Bertz CT molecular complexity index is 807. The summed E-state index contributed by atoms with van der Waals surface area (Å²) in [5.41, 5.74) is 3.48. The third-order valence-electron chi connectivity index (χ3n) is 2.96. The number of hydrazone groups is 1. The molecule has 2 rings (SSSR count). The number of non-ortho nitro benzene ring substituents is 1. The first-order valence-electron chi connectivity index (χ1n) is 6.60.